The van der Waals surface area contributed by atoms with Crippen LogP contribution in [0.5, 0.6) is 0 Å². The van der Waals surface area contributed by atoms with Crippen LogP contribution in [-0.4, -0.2) is 6.54 Å². The third kappa shape index (κ3) is 24.2. The molecule has 2 N–H and O–H groups in total. The molecule has 0 aliphatic rings. The van der Waals surface area contributed by atoms with Crippen molar-refractivity contribution in [2.45, 2.75) is 122 Å². The van der Waals surface area contributed by atoms with E-state index >= 15 is 0 Å². The normalized spacial score (nSPS) is 11.1. The van der Waals surface area contributed by atoms with Gasteiger partial charge in [-0.15, -0.1) is 12.4 Å². The van der Waals surface area contributed by atoms with Crippen LogP contribution in [-0.2, 0) is 0 Å². The lowest BCUT2D eigenvalue weighted by Gasteiger charge is -2.01. The van der Waals surface area contributed by atoms with Crippen LogP contribution in [0.15, 0.2) is 12.2 Å². The quantitative estimate of drug-likeness (QED) is 0.183. The van der Waals surface area contributed by atoms with E-state index in [1.807, 2.05) is 0 Å². The summed E-state index contributed by atoms with van der Waals surface area (Å²) in [5, 5.41) is 0. The smallest absolute Gasteiger partial charge is 0.00773 e. The fourth-order valence-corrected chi connectivity index (χ4v) is 3.10. The van der Waals surface area contributed by atoms with Crippen molar-refractivity contribution in [3.8, 4) is 0 Å². The molecule has 24 heavy (non-hydrogen) atoms. The Labute approximate surface area is 159 Å². The number of halogens is 1. The van der Waals surface area contributed by atoms with Crippen molar-refractivity contribution < 1.29 is 0 Å². The van der Waals surface area contributed by atoms with Gasteiger partial charge in [0.05, 0.1) is 0 Å². The van der Waals surface area contributed by atoms with E-state index in [0.29, 0.717) is 0 Å². The van der Waals surface area contributed by atoms with Crippen LogP contribution in [0, 0.1) is 0 Å². The summed E-state index contributed by atoms with van der Waals surface area (Å²) in [4.78, 5) is 0. The molecule has 0 amide bonds. The molecule has 0 heterocycles. The number of rotatable bonds is 19. The van der Waals surface area contributed by atoms with E-state index in [9.17, 15) is 0 Å². The van der Waals surface area contributed by atoms with Gasteiger partial charge in [-0.05, 0) is 38.6 Å². The molecule has 0 unspecified atom stereocenters. The Morgan fingerprint density at radius 3 is 1.21 bits per heavy atom. The van der Waals surface area contributed by atoms with Crippen LogP contribution in [0.1, 0.15) is 122 Å². The molecule has 0 aliphatic heterocycles. The van der Waals surface area contributed by atoms with Gasteiger partial charge in [-0.2, -0.15) is 0 Å². The van der Waals surface area contributed by atoms with Crippen LogP contribution >= 0.6 is 12.4 Å². The molecule has 0 fully saturated rings. The van der Waals surface area contributed by atoms with Gasteiger partial charge in [-0.3, -0.25) is 0 Å². The third-order valence-electron chi connectivity index (χ3n) is 4.72. The molecule has 1 nitrogen and oxygen atoms in total. The summed E-state index contributed by atoms with van der Waals surface area (Å²) >= 11 is 0. The Balaban J connectivity index is 0. The van der Waals surface area contributed by atoms with E-state index in [4.69, 9.17) is 5.73 Å². The molecule has 0 radical (unpaired) electrons. The first kappa shape index (κ1) is 26.2. The van der Waals surface area contributed by atoms with E-state index < -0.39 is 0 Å². The van der Waals surface area contributed by atoms with E-state index in [1.165, 1.54) is 116 Å². The molecule has 0 aromatic carbocycles. The Morgan fingerprint density at radius 1 is 0.500 bits per heavy atom. The summed E-state index contributed by atoms with van der Waals surface area (Å²) in [7, 11) is 0. The van der Waals surface area contributed by atoms with Gasteiger partial charge >= 0.3 is 0 Å². The minimum Gasteiger partial charge on any atom is -0.330 e. The highest BCUT2D eigenvalue weighted by atomic mass is 35.5. The van der Waals surface area contributed by atoms with Gasteiger partial charge in [0.25, 0.3) is 0 Å². The maximum Gasteiger partial charge on any atom is -0.00773 e. The van der Waals surface area contributed by atoms with Crippen LogP contribution < -0.4 is 5.73 Å². The minimum absolute atomic E-state index is 0. The first-order chi connectivity index (χ1) is 11.4. The number of allylic oxidation sites excluding steroid dienone is 2. The third-order valence-corrected chi connectivity index (χ3v) is 4.72. The van der Waals surface area contributed by atoms with Crippen molar-refractivity contribution >= 4 is 12.4 Å². The second kappa shape index (κ2) is 25.2. The fourth-order valence-electron chi connectivity index (χ4n) is 3.10. The highest BCUT2D eigenvalue weighted by Gasteiger charge is 1.92. The molecular weight excluding hydrogens is 314 g/mol. The van der Waals surface area contributed by atoms with Gasteiger partial charge in [-0.25, -0.2) is 0 Å². The molecule has 0 saturated carbocycles. The Morgan fingerprint density at radius 2 is 0.833 bits per heavy atom. The van der Waals surface area contributed by atoms with Crippen molar-refractivity contribution in [2.75, 3.05) is 6.54 Å². The van der Waals surface area contributed by atoms with Crippen molar-refractivity contribution in [2.24, 2.45) is 5.73 Å². The second-order valence-corrected chi connectivity index (χ2v) is 7.14. The van der Waals surface area contributed by atoms with Gasteiger partial charge in [0.15, 0.2) is 0 Å². The average molecular weight is 360 g/mol. The van der Waals surface area contributed by atoms with E-state index in [2.05, 4.69) is 19.1 Å². The van der Waals surface area contributed by atoms with Gasteiger partial charge in [0.1, 0.15) is 0 Å². The zero-order chi connectivity index (χ0) is 16.8. The predicted octanol–water partition coefficient (Wildman–Crippen LogP) is 7.96. The van der Waals surface area contributed by atoms with Gasteiger partial charge in [0.2, 0.25) is 0 Å². The lowest BCUT2D eigenvalue weighted by Crippen LogP contribution is -1.97. The lowest BCUT2D eigenvalue weighted by molar-refractivity contribution is 0.554. The Bertz CT molecular complexity index is 228. The van der Waals surface area contributed by atoms with E-state index in [-0.39, 0.29) is 12.4 Å². The molecule has 0 saturated heterocycles. The summed E-state index contributed by atoms with van der Waals surface area (Å²) in [6.45, 7) is 3.15. The SMILES string of the molecule is CCCCCCCC/C=C\CCCCCCCCCCCCN.Cl. The summed E-state index contributed by atoms with van der Waals surface area (Å²) in [5.74, 6) is 0. The highest BCUT2D eigenvalue weighted by molar-refractivity contribution is 5.85. The van der Waals surface area contributed by atoms with Crippen LogP contribution in [0.3, 0.4) is 0 Å². The van der Waals surface area contributed by atoms with Crippen LogP contribution in [0.25, 0.3) is 0 Å². The van der Waals surface area contributed by atoms with Gasteiger partial charge in [-0.1, -0.05) is 103 Å². The maximum absolute atomic E-state index is 5.50. The molecular formula is C22H46ClN. The zero-order valence-corrected chi connectivity index (χ0v) is 17.4. The first-order valence-corrected chi connectivity index (χ1v) is 10.8. The second-order valence-electron chi connectivity index (χ2n) is 7.14. The molecule has 0 aromatic heterocycles. The molecule has 0 rings (SSSR count). The fraction of sp³-hybridized carbons (Fsp3) is 0.909. The lowest BCUT2D eigenvalue weighted by atomic mass is 10.1. The Hall–Kier alpha value is -0.0100. The van der Waals surface area contributed by atoms with Crippen LogP contribution in [0.4, 0.5) is 0 Å². The number of unbranched alkanes of at least 4 members (excludes halogenated alkanes) is 16. The predicted molar refractivity (Wildman–Crippen MR) is 114 cm³/mol. The Kier molecular flexibility index (Phi) is 27.6. The molecule has 0 atom stereocenters. The molecule has 0 aliphatic carbocycles. The topological polar surface area (TPSA) is 26.0 Å². The molecule has 0 bridgehead atoms. The largest absolute Gasteiger partial charge is 0.330 e. The van der Waals surface area contributed by atoms with E-state index in [1.54, 1.807) is 0 Å². The van der Waals surface area contributed by atoms with Crippen molar-refractivity contribution in [1.29, 1.82) is 0 Å². The molecule has 0 aromatic rings. The summed E-state index contributed by atoms with van der Waals surface area (Å²) in [6, 6.07) is 0. The summed E-state index contributed by atoms with van der Waals surface area (Å²) < 4.78 is 0. The monoisotopic (exact) mass is 359 g/mol. The highest BCUT2D eigenvalue weighted by Crippen LogP contribution is 2.12. The van der Waals surface area contributed by atoms with Crippen LogP contribution in [0.2, 0.25) is 0 Å². The molecule has 2 heteroatoms. The van der Waals surface area contributed by atoms with Gasteiger partial charge < -0.3 is 5.73 Å². The zero-order valence-electron chi connectivity index (χ0n) is 16.6. The molecule has 146 valence electrons. The molecule has 0 spiro atoms. The van der Waals surface area contributed by atoms with Crippen molar-refractivity contribution in [3.63, 3.8) is 0 Å². The van der Waals surface area contributed by atoms with Crippen molar-refractivity contribution in [3.05, 3.63) is 12.2 Å². The number of hydrogen-bond acceptors (Lipinski definition) is 1. The summed E-state index contributed by atoms with van der Waals surface area (Å²) in [5.41, 5.74) is 5.50. The van der Waals surface area contributed by atoms with Crippen molar-refractivity contribution in [1.82, 2.24) is 0 Å². The van der Waals surface area contributed by atoms with E-state index in [0.717, 1.165) is 6.54 Å². The number of hydrogen-bond donors (Lipinski definition) is 1. The minimum atomic E-state index is 0. The van der Waals surface area contributed by atoms with Gasteiger partial charge in [0, 0.05) is 0 Å². The number of nitrogens with two attached hydrogens (primary N) is 1. The maximum atomic E-state index is 5.50. The average Bonchev–Trinajstić information content (AvgIpc) is 2.57. The summed E-state index contributed by atoms with van der Waals surface area (Å²) in [6.07, 6.45) is 29.8. The standard InChI is InChI=1S/C22H45N.ClH/c1-2-3-4-5-6-7-8-9-10-11-12-13-14-15-16-17-18-19-20-21-22-23;/h9-10H,2-8,11-23H2,1H3;1H/b10-9-;. The first-order valence-electron chi connectivity index (χ1n) is 10.8.